The van der Waals surface area contributed by atoms with Crippen molar-refractivity contribution in [3.8, 4) is 11.5 Å². The summed E-state index contributed by atoms with van der Waals surface area (Å²) >= 11 is 6.31. The fraction of sp³-hybridized carbons (Fsp3) is 0.294. The van der Waals surface area contributed by atoms with Gasteiger partial charge in [-0.15, -0.1) is 0 Å². The Balaban J connectivity index is 2.55. The van der Waals surface area contributed by atoms with Gasteiger partial charge in [0.25, 0.3) is 0 Å². The molecule has 0 fully saturated rings. The summed E-state index contributed by atoms with van der Waals surface area (Å²) in [5.74, 6) is 1.13. The summed E-state index contributed by atoms with van der Waals surface area (Å²) in [5.41, 5.74) is 10.7. The lowest BCUT2D eigenvalue weighted by Crippen LogP contribution is -2.15. The molecule has 0 saturated carbocycles. The normalized spacial score (nSPS) is 12.1. The van der Waals surface area contributed by atoms with Crippen molar-refractivity contribution in [3.63, 3.8) is 0 Å². The second-order valence-corrected chi connectivity index (χ2v) is 5.42. The minimum absolute atomic E-state index is 0.303. The maximum atomic E-state index is 6.44. The lowest BCUT2D eigenvalue weighted by atomic mass is 9.93. The molecule has 2 aromatic rings. The van der Waals surface area contributed by atoms with Gasteiger partial charge < -0.3 is 15.2 Å². The first kappa shape index (κ1) is 15.7. The number of hydrogen-bond acceptors (Lipinski definition) is 3. The van der Waals surface area contributed by atoms with Crippen molar-refractivity contribution in [3.05, 3.63) is 57.6 Å². The van der Waals surface area contributed by atoms with Gasteiger partial charge in [-0.1, -0.05) is 35.4 Å². The number of ether oxygens (including phenoxy) is 2. The van der Waals surface area contributed by atoms with Crippen molar-refractivity contribution in [1.82, 2.24) is 0 Å². The van der Waals surface area contributed by atoms with E-state index in [0.717, 1.165) is 16.7 Å². The predicted octanol–water partition coefficient (Wildman–Crippen LogP) is 4.02. The minimum Gasteiger partial charge on any atom is -0.495 e. The number of nitrogens with two attached hydrogens (primary N) is 1. The molecule has 0 saturated heterocycles. The van der Waals surface area contributed by atoms with E-state index in [9.17, 15) is 0 Å². The minimum atomic E-state index is -0.303. The molecule has 0 amide bonds. The maximum Gasteiger partial charge on any atom is 0.146 e. The third-order valence-electron chi connectivity index (χ3n) is 3.62. The topological polar surface area (TPSA) is 44.5 Å². The van der Waals surface area contributed by atoms with Gasteiger partial charge in [0.15, 0.2) is 0 Å². The first-order chi connectivity index (χ1) is 9.99. The fourth-order valence-electron chi connectivity index (χ4n) is 2.43. The Morgan fingerprint density at radius 2 is 1.71 bits per heavy atom. The van der Waals surface area contributed by atoms with E-state index in [2.05, 4.69) is 18.2 Å². The Kier molecular flexibility index (Phi) is 4.76. The summed E-state index contributed by atoms with van der Waals surface area (Å²) in [7, 11) is 3.16. The fourth-order valence-corrected chi connectivity index (χ4v) is 2.75. The standard InChI is InChI=1S/C17H20ClNO2/c1-10-5-6-11(2)13(9-10)16(19)12-7-8-14(20-3)15(18)17(12)21-4/h5-9,16H,19H2,1-4H3. The van der Waals surface area contributed by atoms with Crippen molar-refractivity contribution < 1.29 is 9.47 Å². The highest BCUT2D eigenvalue weighted by Gasteiger charge is 2.20. The van der Waals surface area contributed by atoms with Gasteiger partial charge >= 0.3 is 0 Å². The van der Waals surface area contributed by atoms with Crippen molar-refractivity contribution >= 4 is 11.6 Å². The van der Waals surface area contributed by atoms with Crippen LogP contribution in [0.2, 0.25) is 5.02 Å². The molecule has 0 aliphatic rings. The molecule has 0 aliphatic carbocycles. The quantitative estimate of drug-likeness (QED) is 0.928. The molecular weight excluding hydrogens is 286 g/mol. The van der Waals surface area contributed by atoms with Crippen molar-refractivity contribution in [2.75, 3.05) is 14.2 Å². The van der Waals surface area contributed by atoms with Crippen molar-refractivity contribution in [2.45, 2.75) is 19.9 Å². The van der Waals surface area contributed by atoms with E-state index in [1.165, 1.54) is 5.56 Å². The maximum absolute atomic E-state index is 6.44. The van der Waals surface area contributed by atoms with Gasteiger partial charge in [-0.25, -0.2) is 0 Å². The Morgan fingerprint density at radius 1 is 1.00 bits per heavy atom. The van der Waals surface area contributed by atoms with Gasteiger partial charge in [0.1, 0.15) is 16.5 Å². The second kappa shape index (κ2) is 6.37. The summed E-state index contributed by atoms with van der Waals surface area (Å²) in [4.78, 5) is 0. The van der Waals surface area contributed by atoms with Gasteiger partial charge in [-0.2, -0.15) is 0 Å². The molecule has 0 radical (unpaired) electrons. The zero-order valence-electron chi connectivity index (χ0n) is 12.7. The number of rotatable bonds is 4. The highest BCUT2D eigenvalue weighted by molar-refractivity contribution is 6.33. The highest BCUT2D eigenvalue weighted by atomic mass is 35.5. The molecule has 0 aliphatic heterocycles. The van der Waals surface area contributed by atoms with Crippen molar-refractivity contribution in [1.29, 1.82) is 0 Å². The smallest absolute Gasteiger partial charge is 0.146 e. The molecule has 4 heteroatoms. The van der Waals surface area contributed by atoms with E-state index in [1.54, 1.807) is 14.2 Å². The Labute approximate surface area is 130 Å². The average molecular weight is 306 g/mol. The number of benzene rings is 2. The molecule has 3 nitrogen and oxygen atoms in total. The summed E-state index contributed by atoms with van der Waals surface area (Å²) in [6.45, 7) is 4.10. The van der Waals surface area contributed by atoms with Gasteiger partial charge in [-0.05, 0) is 37.1 Å². The molecule has 0 bridgehead atoms. The van der Waals surface area contributed by atoms with Crippen LogP contribution in [0.1, 0.15) is 28.3 Å². The zero-order chi connectivity index (χ0) is 15.6. The molecule has 112 valence electrons. The highest BCUT2D eigenvalue weighted by Crippen LogP contribution is 2.40. The Hall–Kier alpha value is -1.71. The van der Waals surface area contributed by atoms with E-state index in [-0.39, 0.29) is 6.04 Å². The summed E-state index contributed by atoms with van der Waals surface area (Å²) in [5, 5.41) is 0.443. The number of hydrogen-bond donors (Lipinski definition) is 1. The average Bonchev–Trinajstić information content (AvgIpc) is 2.48. The van der Waals surface area contributed by atoms with Crippen LogP contribution in [0.15, 0.2) is 30.3 Å². The molecule has 0 spiro atoms. The van der Waals surface area contributed by atoms with Crippen LogP contribution in [-0.2, 0) is 0 Å². The molecule has 2 N–H and O–H groups in total. The Morgan fingerprint density at radius 3 is 2.33 bits per heavy atom. The molecule has 0 aromatic heterocycles. The zero-order valence-corrected chi connectivity index (χ0v) is 13.5. The number of halogens is 1. The molecule has 1 unspecified atom stereocenters. The first-order valence-corrected chi connectivity index (χ1v) is 7.10. The first-order valence-electron chi connectivity index (χ1n) is 6.72. The van der Waals surface area contributed by atoms with Crippen LogP contribution in [0.5, 0.6) is 11.5 Å². The van der Waals surface area contributed by atoms with Crippen LogP contribution in [0.3, 0.4) is 0 Å². The van der Waals surface area contributed by atoms with Crippen LogP contribution in [0.4, 0.5) is 0 Å². The largest absolute Gasteiger partial charge is 0.495 e. The summed E-state index contributed by atoms with van der Waals surface area (Å²) in [6.07, 6.45) is 0. The third kappa shape index (κ3) is 2.99. The van der Waals surface area contributed by atoms with E-state index in [4.69, 9.17) is 26.8 Å². The van der Waals surface area contributed by atoms with Crippen LogP contribution in [-0.4, -0.2) is 14.2 Å². The van der Waals surface area contributed by atoms with Gasteiger partial charge in [0, 0.05) is 5.56 Å². The summed E-state index contributed by atoms with van der Waals surface area (Å²) in [6, 6.07) is 9.65. The molecule has 2 rings (SSSR count). The van der Waals surface area contributed by atoms with Crippen molar-refractivity contribution in [2.24, 2.45) is 5.73 Å². The lowest BCUT2D eigenvalue weighted by Gasteiger charge is -2.20. The van der Waals surface area contributed by atoms with Crippen LogP contribution >= 0.6 is 11.6 Å². The second-order valence-electron chi connectivity index (χ2n) is 5.04. The van der Waals surface area contributed by atoms with Crippen LogP contribution in [0.25, 0.3) is 0 Å². The van der Waals surface area contributed by atoms with E-state index in [0.29, 0.717) is 16.5 Å². The number of methoxy groups -OCH3 is 2. The Bertz CT molecular complexity index is 655. The molecule has 2 aromatic carbocycles. The number of aryl methyl sites for hydroxylation is 2. The predicted molar refractivity (Wildman–Crippen MR) is 86.5 cm³/mol. The van der Waals surface area contributed by atoms with E-state index >= 15 is 0 Å². The van der Waals surface area contributed by atoms with Crippen LogP contribution < -0.4 is 15.2 Å². The van der Waals surface area contributed by atoms with Gasteiger partial charge in [0.2, 0.25) is 0 Å². The molecular formula is C17H20ClNO2. The molecule has 0 heterocycles. The van der Waals surface area contributed by atoms with Gasteiger partial charge in [0.05, 0.1) is 20.3 Å². The monoisotopic (exact) mass is 305 g/mol. The van der Waals surface area contributed by atoms with Crippen LogP contribution in [0, 0.1) is 13.8 Å². The molecule has 1 atom stereocenters. The van der Waals surface area contributed by atoms with E-state index in [1.807, 2.05) is 26.0 Å². The van der Waals surface area contributed by atoms with Gasteiger partial charge in [-0.3, -0.25) is 0 Å². The lowest BCUT2D eigenvalue weighted by molar-refractivity contribution is 0.390. The SMILES string of the molecule is COc1ccc(C(N)c2cc(C)ccc2C)c(OC)c1Cl. The summed E-state index contributed by atoms with van der Waals surface area (Å²) < 4.78 is 10.7. The third-order valence-corrected chi connectivity index (χ3v) is 3.98. The molecule has 21 heavy (non-hydrogen) atoms. The van der Waals surface area contributed by atoms with E-state index < -0.39 is 0 Å².